The number of allylic oxidation sites excluding steroid dienone is 2. The molecule has 4 aromatic rings. The molecule has 4 rings (SSSR count). The van der Waals surface area contributed by atoms with Crippen molar-refractivity contribution >= 4 is 34.8 Å². The molecule has 0 unspecified atom stereocenters. The molecule has 0 aliphatic heterocycles. The molecule has 35 heavy (non-hydrogen) atoms. The van der Waals surface area contributed by atoms with Crippen molar-refractivity contribution in [2.45, 2.75) is 0 Å². The van der Waals surface area contributed by atoms with E-state index in [1.54, 1.807) is 30.5 Å². The van der Waals surface area contributed by atoms with Crippen molar-refractivity contribution in [1.82, 2.24) is 15.0 Å². The largest absolute Gasteiger partial charge is 0.493 e. The number of nitriles is 2. The minimum absolute atomic E-state index is 0.271. The van der Waals surface area contributed by atoms with Gasteiger partial charge in [-0.2, -0.15) is 15.5 Å². The Morgan fingerprint density at radius 1 is 0.886 bits per heavy atom. The van der Waals surface area contributed by atoms with E-state index in [0.29, 0.717) is 34.2 Å². The molecular weight excluding hydrogens is 444 g/mol. The second-order valence-electron chi connectivity index (χ2n) is 7.12. The average molecular weight is 464 g/mol. The fourth-order valence-electron chi connectivity index (χ4n) is 3.31. The van der Waals surface area contributed by atoms with Crippen LogP contribution in [0.1, 0.15) is 11.1 Å². The number of aromatic nitrogens is 3. The second-order valence-corrected chi connectivity index (χ2v) is 7.12. The summed E-state index contributed by atoms with van der Waals surface area (Å²) in [4.78, 5) is 12.2. The molecule has 0 fully saturated rings. The van der Waals surface area contributed by atoms with Crippen LogP contribution in [0.15, 0.2) is 60.8 Å². The van der Waals surface area contributed by atoms with Crippen LogP contribution in [-0.2, 0) is 0 Å². The Balaban J connectivity index is 1.70. The van der Waals surface area contributed by atoms with Crippen molar-refractivity contribution in [3.63, 3.8) is 0 Å². The number of H-pyrrole nitrogens is 1. The zero-order chi connectivity index (χ0) is 24.6. The highest BCUT2D eigenvalue weighted by Gasteiger charge is 2.19. The normalized spacial score (nSPS) is 10.9. The molecule has 0 aliphatic carbocycles. The van der Waals surface area contributed by atoms with E-state index in [0.717, 1.165) is 16.8 Å². The number of ether oxygens (including phenoxy) is 3. The zero-order valence-corrected chi connectivity index (χ0v) is 18.9. The molecule has 0 atom stereocenters. The fraction of sp³-hybridized carbons (Fsp3) is 0.0769. The third-order valence-corrected chi connectivity index (χ3v) is 4.92. The van der Waals surface area contributed by atoms with Crippen molar-refractivity contribution in [2.75, 3.05) is 19.5 Å². The summed E-state index contributed by atoms with van der Waals surface area (Å²) >= 11 is 0. The van der Waals surface area contributed by atoms with Gasteiger partial charge in [-0.15, -0.1) is 0 Å². The molecule has 0 radical (unpaired) electrons. The highest BCUT2D eigenvalue weighted by molar-refractivity contribution is 5.82. The maximum atomic E-state index is 8.83. The third kappa shape index (κ3) is 5.21. The van der Waals surface area contributed by atoms with Crippen LogP contribution in [-0.4, -0.2) is 29.2 Å². The Morgan fingerprint density at radius 3 is 2.17 bits per heavy atom. The molecule has 2 aromatic heterocycles. The molecule has 0 bridgehead atoms. The van der Waals surface area contributed by atoms with Crippen LogP contribution >= 0.6 is 0 Å². The first-order chi connectivity index (χ1) is 17.1. The lowest BCUT2D eigenvalue weighted by molar-refractivity contribution is 0.343. The Morgan fingerprint density at radius 2 is 1.54 bits per heavy atom. The van der Waals surface area contributed by atoms with Gasteiger partial charge in [-0.05, 0) is 53.6 Å². The Bertz CT molecular complexity index is 1470. The first-order valence-corrected chi connectivity index (χ1v) is 10.4. The van der Waals surface area contributed by atoms with E-state index in [1.807, 2.05) is 42.5 Å². The van der Waals surface area contributed by atoms with Crippen molar-refractivity contribution in [3.05, 3.63) is 71.9 Å². The number of nitrogens with zero attached hydrogens (tertiary/aromatic N) is 4. The van der Waals surface area contributed by atoms with Crippen LogP contribution in [0, 0.1) is 22.7 Å². The number of fused-ring (bicyclic) bond motifs is 1. The predicted molar refractivity (Wildman–Crippen MR) is 133 cm³/mol. The molecule has 0 saturated heterocycles. The maximum Gasteiger partial charge on any atom is 0.249 e. The summed E-state index contributed by atoms with van der Waals surface area (Å²) in [6.07, 6.45) is 7.90. The maximum absolute atomic E-state index is 8.83. The van der Waals surface area contributed by atoms with E-state index in [-0.39, 0.29) is 5.88 Å². The number of hydrogen-bond donors (Lipinski definition) is 2. The van der Waals surface area contributed by atoms with Gasteiger partial charge in [0.1, 0.15) is 5.52 Å². The molecule has 9 nitrogen and oxygen atoms in total. The quantitative estimate of drug-likeness (QED) is 0.323. The Hall–Kier alpha value is -5.28. The van der Waals surface area contributed by atoms with Crippen LogP contribution in [0.4, 0.5) is 11.6 Å². The van der Waals surface area contributed by atoms with Crippen molar-refractivity contribution in [1.29, 1.82) is 10.5 Å². The fourth-order valence-corrected chi connectivity index (χ4v) is 3.31. The van der Waals surface area contributed by atoms with Crippen molar-refractivity contribution < 1.29 is 14.2 Å². The standard InChI is InChI=1S/C26H20N6O3/c1-33-21-15-18(6-4-13-28)16-22(34-2)24(21)35-25-23-20(11-14-29-23)31-26(32-25)30-19-9-7-17(8-10-19)5-3-12-27/h3-11,14-16,29H,1-2H3,(H,30,31,32)/b5-3+,6-4+. The lowest BCUT2D eigenvalue weighted by Gasteiger charge is -2.15. The van der Waals surface area contributed by atoms with E-state index >= 15 is 0 Å². The van der Waals surface area contributed by atoms with E-state index in [9.17, 15) is 0 Å². The van der Waals surface area contributed by atoms with Gasteiger partial charge in [0, 0.05) is 24.0 Å². The van der Waals surface area contributed by atoms with Gasteiger partial charge in [0.25, 0.3) is 0 Å². The number of nitrogens with one attached hydrogen (secondary N) is 2. The van der Waals surface area contributed by atoms with Crippen LogP contribution < -0.4 is 19.5 Å². The lowest BCUT2D eigenvalue weighted by atomic mass is 10.1. The summed E-state index contributed by atoms with van der Waals surface area (Å²) in [7, 11) is 3.04. The summed E-state index contributed by atoms with van der Waals surface area (Å²) in [5.41, 5.74) is 3.64. The number of aromatic amines is 1. The summed E-state index contributed by atoms with van der Waals surface area (Å²) in [5, 5.41) is 20.7. The Labute approximate surface area is 201 Å². The molecular formula is C26H20N6O3. The minimum atomic E-state index is 0.271. The predicted octanol–water partition coefficient (Wildman–Crippen LogP) is 5.58. The number of hydrogen-bond acceptors (Lipinski definition) is 8. The molecule has 0 amide bonds. The number of benzene rings is 2. The summed E-state index contributed by atoms with van der Waals surface area (Å²) in [6, 6.07) is 16.7. The highest BCUT2D eigenvalue weighted by atomic mass is 16.5. The second kappa shape index (κ2) is 10.6. The summed E-state index contributed by atoms with van der Waals surface area (Å²) in [6.45, 7) is 0. The molecule has 0 aliphatic rings. The van der Waals surface area contributed by atoms with E-state index in [1.165, 1.54) is 26.4 Å². The first kappa shape index (κ1) is 22.9. The van der Waals surface area contributed by atoms with Gasteiger partial charge in [0.2, 0.25) is 17.6 Å². The van der Waals surface area contributed by atoms with Crippen LogP contribution in [0.3, 0.4) is 0 Å². The van der Waals surface area contributed by atoms with Gasteiger partial charge in [-0.1, -0.05) is 12.1 Å². The van der Waals surface area contributed by atoms with Gasteiger partial charge in [0.15, 0.2) is 11.5 Å². The molecule has 0 saturated carbocycles. The summed E-state index contributed by atoms with van der Waals surface area (Å²) in [5.74, 6) is 1.76. The summed E-state index contributed by atoms with van der Waals surface area (Å²) < 4.78 is 17.2. The molecule has 172 valence electrons. The number of methoxy groups -OCH3 is 2. The minimum Gasteiger partial charge on any atom is -0.493 e. The SMILES string of the molecule is COc1cc(/C=C/C#N)cc(OC)c1Oc1nc(Nc2ccc(/C=C/C#N)cc2)nc2cc[nH]c12. The number of anilines is 2. The van der Waals surface area contributed by atoms with Gasteiger partial charge < -0.3 is 24.5 Å². The topological polar surface area (TPSA) is 129 Å². The first-order valence-electron chi connectivity index (χ1n) is 10.4. The van der Waals surface area contributed by atoms with Crippen molar-refractivity contribution in [2.24, 2.45) is 0 Å². The van der Waals surface area contributed by atoms with Crippen LogP contribution in [0.25, 0.3) is 23.2 Å². The molecule has 0 spiro atoms. The smallest absolute Gasteiger partial charge is 0.249 e. The molecule has 2 aromatic carbocycles. The van der Waals surface area contributed by atoms with Crippen LogP contribution in [0.2, 0.25) is 0 Å². The van der Waals surface area contributed by atoms with Gasteiger partial charge >= 0.3 is 0 Å². The molecule has 2 heterocycles. The Kier molecular flexibility index (Phi) is 6.91. The van der Waals surface area contributed by atoms with Gasteiger partial charge in [-0.3, -0.25) is 0 Å². The van der Waals surface area contributed by atoms with E-state index in [4.69, 9.17) is 24.7 Å². The van der Waals surface area contributed by atoms with E-state index < -0.39 is 0 Å². The number of rotatable bonds is 8. The highest BCUT2D eigenvalue weighted by Crippen LogP contribution is 2.42. The average Bonchev–Trinajstić information content (AvgIpc) is 3.36. The van der Waals surface area contributed by atoms with Gasteiger partial charge in [0.05, 0.1) is 31.9 Å². The lowest BCUT2D eigenvalue weighted by Crippen LogP contribution is -2.01. The molecule has 9 heteroatoms. The monoisotopic (exact) mass is 464 g/mol. The zero-order valence-electron chi connectivity index (χ0n) is 18.9. The van der Waals surface area contributed by atoms with Gasteiger partial charge in [-0.25, -0.2) is 4.98 Å². The van der Waals surface area contributed by atoms with Crippen molar-refractivity contribution in [3.8, 4) is 35.3 Å². The van der Waals surface area contributed by atoms with E-state index in [2.05, 4.69) is 20.3 Å². The molecule has 2 N–H and O–H groups in total. The van der Waals surface area contributed by atoms with Crippen LogP contribution in [0.5, 0.6) is 23.1 Å². The third-order valence-electron chi connectivity index (χ3n) is 4.92.